The van der Waals surface area contributed by atoms with Crippen molar-refractivity contribution in [3.8, 4) is 28.3 Å². The molecule has 0 saturated carbocycles. The van der Waals surface area contributed by atoms with Crippen molar-refractivity contribution < 1.29 is 0 Å². The molecule has 1 aliphatic rings. The molecule has 0 fully saturated rings. The number of nitrogens with zero attached hydrogens (tertiary/aromatic N) is 4. The van der Waals surface area contributed by atoms with Crippen LogP contribution in [0.25, 0.3) is 62.6 Å². The van der Waals surface area contributed by atoms with Gasteiger partial charge in [-0.1, -0.05) is 103 Å². The van der Waals surface area contributed by atoms with Crippen molar-refractivity contribution in [2.75, 3.05) is 7.05 Å². The molecular weight excluding hydrogens is 685 g/mol. The molecule has 250 valence electrons. The van der Waals surface area contributed by atoms with Gasteiger partial charge in [-0.05, 0) is 82.4 Å². The first kappa shape index (κ1) is 31.4. The van der Waals surface area contributed by atoms with Gasteiger partial charge in [-0.15, -0.1) is 22.7 Å². The van der Waals surface area contributed by atoms with E-state index in [1.807, 2.05) is 60.1 Å². The van der Waals surface area contributed by atoms with Gasteiger partial charge in [0.25, 0.3) is 0 Å². The highest BCUT2D eigenvalue weighted by molar-refractivity contribution is 7.26. The largest absolute Gasteiger partial charge is 0.333 e. The van der Waals surface area contributed by atoms with Crippen LogP contribution >= 0.6 is 22.7 Å². The molecular formula is C47H30N4S2. The zero-order chi connectivity index (χ0) is 35.5. The number of hydrogen-bond donors (Lipinski definition) is 0. The maximum atomic E-state index is 9.52. The summed E-state index contributed by atoms with van der Waals surface area (Å²) in [5, 5.41) is 14.6. The second-order valence-electron chi connectivity index (χ2n) is 13.3. The Morgan fingerprint density at radius 1 is 0.547 bits per heavy atom. The predicted octanol–water partition coefficient (Wildman–Crippen LogP) is 12.5. The van der Waals surface area contributed by atoms with Gasteiger partial charge >= 0.3 is 0 Å². The van der Waals surface area contributed by atoms with Crippen LogP contribution in [0.15, 0.2) is 168 Å². The second-order valence-corrected chi connectivity index (χ2v) is 15.4. The topological polar surface area (TPSA) is 51.8 Å². The van der Waals surface area contributed by atoms with Gasteiger partial charge < -0.3 is 4.90 Å². The summed E-state index contributed by atoms with van der Waals surface area (Å²) in [4.78, 5) is 12.8. The number of benzene rings is 7. The van der Waals surface area contributed by atoms with E-state index >= 15 is 0 Å². The van der Waals surface area contributed by atoms with Gasteiger partial charge in [-0.3, -0.25) is 0 Å². The first-order valence-electron chi connectivity index (χ1n) is 17.5. The lowest BCUT2D eigenvalue weighted by molar-refractivity contribution is 0.383. The van der Waals surface area contributed by atoms with Crippen molar-refractivity contribution in [2.45, 2.75) is 6.17 Å². The average Bonchev–Trinajstić information content (AvgIpc) is 3.80. The normalized spacial score (nSPS) is 14.5. The highest BCUT2D eigenvalue weighted by Gasteiger charge is 2.27. The van der Waals surface area contributed by atoms with E-state index in [1.54, 1.807) is 0 Å². The summed E-state index contributed by atoms with van der Waals surface area (Å²) >= 11 is 3.69. The van der Waals surface area contributed by atoms with E-state index < -0.39 is 0 Å². The molecule has 0 saturated heterocycles. The summed E-state index contributed by atoms with van der Waals surface area (Å²) in [5.41, 5.74) is 8.22. The van der Waals surface area contributed by atoms with E-state index in [4.69, 9.17) is 9.98 Å². The molecule has 1 unspecified atom stereocenters. The van der Waals surface area contributed by atoms with Crippen LogP contribution in [-0.2, 0) is 0 Å². The Labute approximate surface area is 314 Å². The number of fused-ring (bicyclic) bond motifs is 6. The molecule has 7 aromatic carbocycles. The molecule has 1 aliphatic heterocycles. The molecule has 10 rings (SSSR count). The molecule has 0 bridgehead atoms. The number of aliphatic imine (C=N–C) groups is 2. The summed E-state index contributed by atoms with van der Waals surface area (Å²) in [7, 11) is 2.04. The fraction of sp³-hybridized carbons (Fsp3) is 0.0426. The number of rotatable bonds is 5. The number of amidine groups is 2. The van der Waals surface area contributed by atoms with E-state index in [0.29, 0.717) is 11.4 Å². The fourth-order valence-electron chi connectivity index (χ4n) is 7.57. The predicted molar refractivity (Wildman–Crippen MR) is 224 cm³/mol. The molecule has 9 aromatic rings. The quantitative estimate of drug-likeness (QED) is 0.178. The van der Waals surface area contributed by atoms with Crippen LogP contribution in [-0.4, -0.2) is 23.6 Å². The average molecular weight is 715 g/mol. The molecule has 3 heterocycles. The molecule has 0 amide bonds. The first-order chi connectivity index (χ1) is 26.1. The van der Waals surface area contributed by atoms with E-state index in [9.17, 15) is 5.26 Å². The molecule has 0 N–H and O–H groups in total. The van der Waals surface area contributed by atoms with Gasteiger partial charge in [-0.25, -0.2) is 9.98 Å². The number of nitriles is 1. The maximum Gasteiger partial charge on any atom is 0.159 e. The maximum absolute atomic E-state index is 9.52. The van der Waals surface area contributed by atoms with E-state index in [1.165, 1.54) is 51.5 Å². The van der Waals surface area contributed by atoms with Crippen molar-refractivity contribution >= 4 is 74.7 Å². The molecule has 0 radical (unpaired) electrons. The molecule has 4 nitrogen and oxygen atoms in total. The summed E-state index contributed by atoms with van der Waals surface area (Å²) < 4.78 is 5.10. The Kier molecular flexibility index (Phi) is 7.50. The SMILES string of the molecule is CN1C(c2ccc(C#N)cc2)=NC(c2cc(-c3cccc4c3sc3ccccc34)cc(-c3cccc4c3sc3ccccc34)c2)=NC1c1ccccc1. The van der Waals surface area contributed by atoms with Crippen LogP contribution in [0, 0.1) is 11.3 Å². The van der Waals surface area contributed by atoms with Gasteiger partial charge in [0.15, 0.2) is 5.84 Å². The Morgan fingerprint density at radius 2 is 1.08 bits per heavy atom. The van der Waals surface area contributed by atoms with Gasteiger partial charge in [0.2, 0.25) is 0 Å². The summed E-state index contributed by atoms with van der Waals surface area (Å²) in [6.07, 6.45) is -0.293. The van der Waals surface area contributed by atoms with Crippen LogP contribution in [0.2, 0.25) is 0 Å². The van der Waals surface area contributed by atoms with Crippen molar-refractivity contribution in [2.24, 2.45) is 9.98 Å². The Balaban J connectivity index is 1.24. The van der Waals surface area contributed by atoms with E-state index in [2.05, 4.69) is 138 Å². The summed E-state index contributed by atoms with van der Waals surface area (Å²) in [6.45, 7) is 0. The Hall–Kier alpha value is -6.39. The fourth-order valence-corrected chi connectivity index (χ4v) is 10.0. The Morgan fingerprint density at radius 3 is 1.66 bits per heavy atom. The minimum atomic E-state index is -0.293. The van der Waals surface area contributed by atoms with Crippen molar-refractivity contribution in [3.63, 3.8) is 0 Å². The zero-order valence-electron chi connectivity index (χ0n) is 28.7. The number of thiophene rings is 2. The zero-order valence-corrected chi connectivity index (χ0v) is 30.3. The highest BCUT2D eigenvalue weighted by atomic mass is 32.1. The van der Waals surface area contributed by atoms with Gasteiger partial charge in [-0.2, -0.15) is 5.26 Å². The molecule has 0 aliphatic carbocycles. The second kappa shape index (κ2) is 12.7. The van der Waals surface area contributed by atoms with Crippen molar-refractivity contribution in [3.05, 3.63) is 180 Å². The summed E-state index contributed by atoms with van der Waals surface area (Å²) in [6, 6.07) is 57.8. The third kappa shape index (κ3) is 5.33. The smallest absolute Gasteiger partial charge is 0.159 e. The summed E-state index contributed by atoms with van der Waals surface area (Å²) in [5.74, 6) is 1.48. The molecule has 2 aromatic heterocycles. The molecule has 53 heavy (non-hydrogen) atoms. The van der Waals surface area contributed by atoms with Crippen LogP contribution in [0.4, 0.5) is 0 Å². The van der Waals surface area contributed by atoms with Gasteiger partial charge in [0, 0.05) is 58.5 Å². The lowest BCUT2D eigenvalue weighted by Crippen LogP contribution is -2.35. The number of hydrogen-bond acceptors (Lipinski definition) is 6. The minimum Gasteiger partial charge on any atom is -0.333 e. The van der Waals surface area contributed by atoms with Crippen LogP contribution in [0.1, 0.15) is 28.4 Å². The molecule has 1 atom stereocenters. The van der Waals surface area contributed by atoms with Gasteiger partial charge in [0.1, 0.15) is 12.0 Å². The first-order valence-corrected chi connectivity index (χ1v) is 19.2. The van der Waals surface area contributed by atoms with Crippen molar-refractivity contribution in [1.29, 1.82) is 5.26 Å². The molecule has 6 heteroatoms. The lowest BCUT2D eigenvalue weighted by atomic mass is 9.94. The lowest BCUT2D eigenvalue weighted by Gasteiger charge is -2.32. The molecule has 0 spiro atoms. The van der Waals surface area contributed by atoms with E-state index in [0.717, 1.165) is 33.7 Å². The van der Waals surface area contributed by atoms with E-state index in [-0.39, 0.29) is 6.17 Å². The third-order valence-electron chi connectivity index (χ3n) is 10.1. The monoisotopic (exact) mass is 714 g/mol. The van der Waals surface area contributed by atoms with Gasteiger partial charge in [0.05, 0.1) is 11.6 Å². The van der Waals surface area contributed by atoms with Crippen LogP contribution in [0.3, 0.4) is 0 Å². The van der Waals surface area contributed by atoms with Crippen LogP contribution < -0.4 is 0 Å². The van der Waals surface area contributed by atoms with Crippen molar-refractivity contribution in [1.82, 2.24) is 4.90 Å². The minimum absolute atomic E-state index is 0.293. The Bertz CT molecular complexity index is 2850. The van der Waals surface area contributed by atoms with Crippen LogP contribution in [0.5, 0.6) is 0 Å². The standard InChI is InChI=1S/C47H30N4S2/c1-51-46(30-11-3-2-4-12-30)49-45(50-47(51)31-23-21-29(28-48)22-24-31)34-26-32(35-15-9-17-39-37-13-5-7-19-41(37)52-43(35)39)25-33(27-34)36-16-10-18-40-38-14-6-8-20-42(38)53-44(36)40/h2-27,46H,1H3. The highest BCUT2D eigenvalue weighted by Crippen LogP contribution is 2.44. The third-order valence-corrected chi connectivity index (χ3v) is 12.6.